The zero-order chi connectivity index (χ0) is 9.84. The zero-order valence-electron chi connectivity index (χ0n) is 8.29. The van der Waals surface area contributed by atoms with E-state index in [-0.39, 0.29) is 6.04 Å². The van der Waals surface area contributed by atoms with Gasteiger partial charge in [0.2, 0.25) is 0 Å². The summed E-state index contributed by atoms with van der Waals surface area (Å²) >= 11 is 1.78. The second-order valence-electron chi connectivity index (χ2n) is 3.34. The van der Waals surface area contributed by atoms with Gasteiger partial charge < -0.3 is 0 Å². The molecule has 0 radical (unpaired) electrons. The van der Waals surface area contributed by atoms with Crippen molar-refractivity contribution in [2.45, 2.75) is 26.8 Å². The van der Waals surface area contributed by atoms with Crippen molar-refractivity contribution in [1.82, 2.24) is 5.43 Å². The average molecular weight is 196 g/mol. The number of allylic oxidation sites excluding steroid dienone is 1. The number of hydrogen-bond acceptors (Lipinski definition) is 3. The van der Waals surface area contributed by atoms with Crippen LogP contribution in [0.3, 0.4) is 0 Å². The molecular formula is C10H16N2S. The van der Waals surface area contributed by atoms with Gasteiger partial charge in [0.1, 0.15) is 0 Å². The quantitative estimate of drug-likeness (QED) is 0.443. The van der Waals surface area contributed by atoms with Crippen LogP contribution in [0.25, 0.3) is 0 Å². The molecule has 3 N–H and O–H groups in total. The molecule has 1 unspecified atom stereocenters. The molecule has 1 aromatic heterocycles. The molecule has 0 aromatic carbocycles. The fourth-order valence-electron chi connectivity index (χ4n) is 1.17. The summed E-state index contributed by atoms with van der Waals surface area (Å²) in [6.07, 6.45) is 2.13. The minimum atomic E-state index is 0.156. The van der Waals surface area contributed by atoms with Crippen LogP contribution in [-0.4, -0.2) is 0 Å². The first-order valence-corrected chi connectivity index (χ1v) is 5.12. The first kappa shape index (κ1) is 10.4. The van der Waals surface area contributed by atoms with Gasteiger partial charge in [-0.15, -0.1) is 11.3 Å². The molecule has 0 fully saturated rings. The van der Waals surface area contributed by atoms with Gasteiger partial charge in [0.25, 0.3) is 0 Å². The van der Waals surface area contributed by atoms with E-state index in [1.807, 2.05) is 0 Å². The maximum absolute atomic E-state index is 5.47. The van der Waals surface area contributed by atoms with Gasteiger partial charge in [-0.2, -0.15) is 0 Å². The maximum Gasteiger partial charge on any atom is 0.0735 e. The number of nitrogens with one attached hydrogen (secondary N) is 1. The Balaban J connectivity index is 2.84. The van der Waals surface area contributed by atoms with Gasteiger partial charge >= 0.3 is 0 Å². The predicted octanol–water partition coefficient (Wildman–Crippen LogP) is 2.53. The molecule has 2 nitrogen and oxygen atoms in total. The molecule has 0 amide bonds. The van der Waals surface area contributed by atoms with Gasteiger partial charge in [-0.05, 0) is 32.9 Å². The second-order valence-corrected chi connectivity index (χ2v) is 4.66. The second kappa shape index (κ2) is 4.56. The molecule has 1 heterocycles. The lowest BCUT2D eigenvalue weighted by molar-refractivity contribution is 0.662. The average Bonchev–Trinajstić information content (AvgIpc) is 2.47. The lowest BCUT2D eigenvalue weighted by Crippen LogP contribution is -2.26. The summed E-state index contributed by atoms with van der Waals surface area (Å²) in [6.45, 7) is 6.25. The first-order chi connectivity index (χ1) is 6.13. The fourth-order valence-corrected chi connectivity index (χ4v) is 2.07. The highest BCUT2D eigenvalue weighted by atomic mass is 32.1. The molecule has 1 atom stereocenters. The molecule has 1 aromatic rings. The molecule has 0 bridgehead atoms. The Morgan fingerprint density at radius 2 is 2.23 bits per heavy atom. The largest absolute Gasteiger partial charge is 0.271 e. The van der Waals surface area contributed by atoms with Crippen molar-refractivity contribution in [3.05, 3.63) is 33.5 Å². The van der Waals surface area contributed by atoms with E-state index >= 15 is 0 Å². The standard InChI is InChI=1S/C10H16N2S/c1-7(2)6-9(12-11)10-5-4-8(3)13-10/h4-6,9,12H,11H2,1-3H3. The van der Waals surface area contributed by atoms with E-state index in [0.29, 0.717) is 0 Å². The van der Waals surface area contributed by atoms with E-state index in [0.717, 1.165) is 0 Å². The predicted molar refractivity (Wildman–Crippen MR) is 58.6 cm³/mol. The molecule has 0 aliphatic rings. The minimum absolute atomic E-state index is 0.156. The van der Waals surface area contributed by atoms with Crippen LogP contribution in [0, 0.1) is 6.92 Å². The molecule has 0 spiro atoms. The summed E-state index contributed by atoms with van der Waals surface area (Å²) < 4.78 is 0. The number of nitrogens with two attached hydrogens (primary N) is 1. The first-order valence-electron chi connectivity index (χ1n) is 4.31. The van der Waals surface area contributed by atoms with Crippen molar-refractivity contribution in [2.24, 2.45) is 5.84 Å². The van der Waals surface area contributed by atoms with Crippen LogP contribution < -0.4 is 11.3 Å². The number of hydrazine groups is 1. The summed E-state index contributed by atoms with van der Waals surface area (Å²) in [7, 11) is 0. The van der Waals surface area contributed by atoms with Crippen LogP contribution in [-0.2, 0) is 0 Å². The van der Waals surface area contributed by atoms with Crippen molar-refractivity contribution >= 4 is 11.3 Å². The minimum Gasteiger partial charge on any atom is -0.271 e. The van der Waals surface area contributed by atoms with Crippen LogP contribution in [0.4, 0.5) is 0 Å². The molecule has 0 saturated carbocycles. The van der Waals surface area contributed by atoms with E-state index in [1.54, 1.807) is 11.3 Å². The Kier molecular flexibility index (Phi) is 3.66. The van der Waals surface area contributed by atoms with E-state index in [2.05, 4.69) is 44.4 Å². The van der Waals surface area contributed by atoms with E-state index < -0.39 is 0 Å². The van der Waals surface area contributed by atoms with Crippen molar-refractivity contribution < 1.29 is 0 Å². The van der Waals surface area contributed by atoms with Crippen LogP contribution >= 0.6 is 11.3 Å². The van der Waals surface area contributed by atoms with E-state index in [4.69, 9.17) is 5.84 Å². The van der Waals surface area contributed by atoms with Gasteiger partial charge in [0.05, 0.1) is 6.04 Å². The monoisotopic (exact) mass is 196 g/mol. The molecule has 0 saturated heterocycles. The Labute approximate surface area is 83.4 Å². The molecule has 3 heteroatoms. The van der Waals surface area contributed by atoms with Crippen LogP contribution in [0.1, 0.15) is 29.6 Å². The zero-order valence-corrected chi connectivity index (χ0v) is 9.11. The van der Waals surface area contributed by atoms with Crippen LogP contribution in [0.15, 0.2) is 23.8 Å². The maximum atomic E-state index is 5.47. The molecule has 72 valence electrons. The van der Waals surface area contributed by atoms with Gasteiger partial charge in [0, 0.05) is 9.75 Å². The Hall–Kier alpha value is -0.640. The smallest absolute Gasteiger partial charge is 0.0735 e. The highest BCUT2D eigenvalue weighted by Gasteiger charge is 2.07. The number of hydrogen-bond donors (Lipinski definition) is 2. The van der Waals surface area contributed by atoms with Crippen molar-refractivity contribution in [2.75, 3.05) is 0 Å². The molecule has 0 aliphatic heterocycles. The normalized spacial score (nSPS) is 12.6. The van der Waals surface area contributed by atoms with E-state index in [1.165, 1.54) is 15.3 Å². The highest BCUT2D eigenvalue weighted by Crippen LogP contribution is 2.23. The topological polar surface area (TPSA) is 38.0 Å². The third-order valence-corrected chi connectivity index (χ3v) is 2.83. The Bertz CT molecular complexity index is 298. The highest BCUT2D eigenvalue weighted by molar-refractivity contribution is 7.12. The van der Waals surface area contributed by atoms with Crippen LogP contribution in [0.2, 0.25) is 0 Å². The number of aryl methyl sites for hydroxylation is 1. The van der Waals surface area contributed by atoms with Crippen LogP contribution in [0.5, 0.6) is 0 Å². The van der Waals surface area contributed by atoms with Gasteiger partial charge in [-0.25, -0.2) is 5.43 Å². The lowest BCUT2D eigenvalue weighted by Gasteiger charge is -2.09. The van der Waals surface area contributed by atoms with Crippen molar-refractivity contribution in [1.29, 1.82) is 0 Å². The number of rotatable bonds is 3. The van der Waals surface area contributed by atoms with Crippen molar-refractivity contribution in [3.8, 4) is 0 Å². The van der Waals surface area contributed by atoms with Gasteiger partial charge in [0.15, 0.2) is 0 Å². The molecule has 13 heavy (non-hydrogen) atoms. The SMILES string of the molecule is CC(C)=CC(NN)c1ccc(C)s1. The summed E-state index contributed by atoms with van der Waals surface area (Å²) in [6, 6.07) is 4.39. The summed E-state index contributed by atoms with van der Waals surface area (Å²) in [5.74, 6) is 5.47. The molecule has 0 aliphatic carbocycles. The molecular weight excluding hydrogens is 180 g/mol. The Morgan fingerprint density at radius 3 is 2.62 bits per heavy atom. The summed E-state index contributed by atoms with van der Waals surface area (Å²) in [5.41, 5.74) is 4.07. The summed E-state index contributed by atoms with van der Waals surface area (Å²) in [5, 5.41) is 0. The van der Waals surface area contributed by atoms with Crippen molar-refractivity contribution in [3.63, 3.8) is 0 Å². The fraction of sp³-hybridized carbons (Fsp3) is 0.400. The lowest BCUT2D eigenvalue weighted by atomic mass is 10.2. The third-order valence-electron chi connectivity index (χ3n) is 1.75. The summed E-state index contributed by atoms with van der Waals surface area (Å²) in [4.78, 5) is 2.58. The molecule has 1 rings (SSSR count). The van der Waals surface area contributed by atoms with Gasteiger partial charge in [-0.1, -0.05) is 11.6 Å². The number of thiophene rings is 1. The van der Waals surface area contributed by atoms with E-state index in [9.17, 15) is 0 Å². The van der Waals surface area contributed by atoms with Gasteiger partial charge in [-0.3, -0.25) is 5.84 Å². The Morgan fingerprint density at radius 1 is 1.54 bits per heavy atom. The third kappa shape index (κ3) is 2.95.